The van der Waals surface area contributed by atoms with Crippen molar-refractivity contribution in [3.63, 3.8) is 0 Å². The van der Waals surface area contributed by atoms with Crippen LogP contribution in [0.4, 0.5) is 0 Å². The minimum absolute atomic E-state index is 0.0583. The summed E-state index contributed by atoms with van der Waals surface area (Å²) in [6.45, 7) is 4.83. The summed E-state index contributed by atoms with van der Waals surface area (Å²) in [5.41, 5.74) is 0. The van der Waals surface area contributed by atoms with E-state index in [-0.39, 0.29) is 26.2 Å². The Hall–Kier alpha value is -5.37. The molecule has 30 heteroatoms. The van der Waals surface area contributed by atoms with E-state index in [1.165, 1.54) is 11.8 Å². The number of fused-ring (bicyclic) bond motifs is 7. The van der Waals surface area contributed by atoms with Crippen molar-refractivity contribution in [1.29, 1.82) is 0 Å². The van der Waals surface area contributed by atoms with Crippen LogP contribution < -0.4 is 37.2 Å². The van der Waals surface area contributed by atoms with Crippen molar-refractivity contribution in [1.82, 2.24) is 61.7 Å². The molecule has 2 unspecified atom stereocenters. The first-order valence-corrected chi connectivity index (χ1v) is 25.3. The molecule has 68 heavy (non-hydrogen) atoms. The van der Waals surface area contributed by atoms with Gasteiger partial charge in [-0.1, -0.05) is 13.8 Å². The molecule has 0 aromatic rings. The summed E-state index contributed by atoms with van der Waals surface area (Å²) < 4.78 is 16.0. The molecular formula is C38H62BGaN12O16. The summed E-state index contributed by atoms with van der Waals surface area (Å²) in [6, 6.07) is -2.11. The Morgan fingerprint density at radius 2 is 0.985 bits per heavy atom. The molecule has 8 amide bonds. The molecule has 4 heterocycles. The maximum absolute atomic E-state index is 13.0. The normalized spacial score (nSPS) is 22.2. The van der Waals surface area contributed by atoms with Crippen molar-refractivity contribution in [2.24, 2.45) is 5.92 Å². The average Bonchev–Trinajstić information content (AvgIpc) is 3.76. The molecular weight excluding hydrogens is 961 g/mol. The van der Waals surface area contributed by atoms with Gasteiger partial charge in [0, 0.05) is 6.54 Å². The average molecular weight is 1020 g/mol. The molecule has 4 rings (SSSR count). The first-order chi connectivity index (χ1) is 32.3. The zero-order valence-electron chi connectivity index (χ0n) is 38.5. The van der Waals surface area contributed by atoms with E-state index < -0.39 is 146 Å². The van der Waals surface area contributed by atoms with E-state index in [0.717, 1.165) is 0 Å². The molecule has 9 N–H and O–H groups in total. The molecule has 0 aliphatic carbocycles. The number of nitrogens with zero attached hydrogens (tertiary/aromatic N) is 5. The summed E-state index contributed by atoms with van der Waals surface area (Å²) in [4.78, 5) is 147. The number of likely N-dealkylation sites (tertiary alicyclic amines) is 1. The van der Waals surface area contributed by atoms with Crippen molar-refractivity contribution in [3.8, 4) is 0 Å². The van der Waals surface area contributed by atoms with E-state index in [9.17, 15) is 62.8 Å². The summed E-state index contributed by atoms with van der Waals surface area (Å²) >= 11 is -4.01. The van der Waals surface area contributed by atoms with Gasteiger partial charge in [0.25, 0.3) is 0 Å². The minimum atomic E-state index is -4.01. The van der Waals surface area contributed by atoms with Crippen LogP contribution >= 0.6 is 0 Å². The third kappa shape index (κ3) is 19.3. The first kappa shape index (κ1) is 55.2. The molecule has 0 spiro atoms. The summed E-state index contributed by atoms with van der Waals surface area (Å²) in [5, 5.41) is 35.8. The van der Waals surface area contributed by atoms with Gasteiger partial charge in [0.15, 0.2) is 0 Å². The van der Waals surface area contributed by atoms with Gasteiger partial charge < -0.3 is 46.8 Å². The number of carbonyl (C=O) groups excluding carboxylic acids is 11. The van der Waals surface area contributed by atoms with Crippen LogP contribution in [0.5, 0.6) is 0 Å². The Labute approximate surface area is 398 Å². The molecule has 4 aliphatic heterocycles. The predicted octanol–water partition coefficient (Wildman–Crippen LogP) is -8.92. The molecule has 4 saturated heterocycles. The van der Waals surface area contributed by atoms with Crippen LogP contribution in [0.25, 0.3) is 0 Å². The van der Waals surface area contributed by atoms with E-state index in [4.69, 9.17) is 10.6 Å². The Bertz CT molecular complexity index is 1830. The maximum atomic E-state index is 13.0. The quantitative estimate of drug-likeness (QED) is 0.0576. The van der Waals surface area contributed by atoms with E-state index in [1.807, 2.05) is 14.7 Å². The molecule has 5 atom stereocenters. The van der Waals surface area contributed by atoms with E-state index in [2.05, 4.69) is 37.2 Å². The number of nitrogens with one attached hydrogen (secondary N) is 7. The second kappa shape index (κ2) is 27.6. The van der Waals surface area contributed by atoms with Gasteiger partial charge in [0.2, 0.25) is 35.4 Å². The Morgan fingerprint density at radius 1 is 0.588 bits per heavy atom. The van der Waals surface area contributed by atoms with Gasteiger partial charge in [-0.05, 0) is 25.7 Å². The summed E-state index contributed by atoms with van der Waals surface area (Å²) in [6.07, 6.45) is 0.972. The largest absolute Gasteiger partial charge is 0.475 e. The van der Waals surface area contributed by atoms with Gasteiger partial charge in [0.05, 0.1) is 32.1 Å². The molecule has 0 radical (unpaired) electrons. The fourth-order valence-corrected chi connectivity index (χ4v) is 9.54. The van der Waals surface area contributed by atoms with Gasteiger partial charge in [-0.3, -0.25) is 33.6 Å². The molecule has 4 fully saturated rings. The van der Waals surface area contributed by atoms with Crippen LogP contribution in [0.3, 0.4) is 0 Å². The molecule has 0 aromatic carbocycles. The minimum Gasteiger partial charge on any atom is -0.426 e. The van der Waals surface area contributed by atoms with Crippen molar-refractivity contribution in [2.45, 2.75) is 51.6 Å². The zero-order valence-corrected chi connectivity index (χ0v) is 40.9. The standard InChI is InChI=1S/C38H65BN12O16.Ga/c1-24(2)36(37(64)45-25(3)38(65)51-6-4-5-26(51)39(66)67)46-31(56)19-43-29(54)17-41-27(52)15-40-28(53)16-42-30(55)18-44-32(57)20-47-7-9-48(21-33(58)59)11-13-50(23-35(62)63)14-12-49(10-8-47)22-34(60)61;/h24-26,36,66-67H,4-23H2,1-3H3,(H,40,53)(H,41,52)(H,42,55)(H,43,54)(H,44,57)(H,45,64)(H,46,56)(H,58,59)(H,60,61)(H,62,63);/q;+3/p-3/t25-,26+,36+;/m1./s1. The van der Waals surface area contributed by atoms with Crippen molar-refractivity contribution >= 4 is 89.6 Å². The second-order valence-corrected chi connectivity index (χ2v) is 19.6. The van der Waals surface area contributed by atoms with Crippen molar-refractivity contribution in [2.75, 3.05) is 118 Å². The topological polar surface area (TPSA) is 356 Å². The Morgan fingerprint density at radius 3 is 1.40 bits per heavy atom. The number of rotatable bonds is 18. The van der Waals surface area contributed by atoms with Crippen molar-refractivity contribution < 1.29 is 73.4 Å². The van der Waals surface area contributed by atoms with E-state index >= 15 is 0 Å². The van der Waals surface area contributed by atoms with Crippen LogP contribution in [0.15, 0.2) is 0 Å². The van der Waals surface area contributed by atoms with Gasteiger partial charge >= 0.3 is 194 Å². The number of hydrogen-bond donors (Lipinski definition) is 9. The number of carbonyl (C=O) groups is 11. The predicted molar refractivity (Wildman–Crippen MR) is 234 cm³/mol. The number of hydrogen-bond acceptors (Lipinski definition) is 20. The van der Waals surface area contributed by atoms with Gasteiger partial charge in [-0.15, -0.1) is 0 Å². The monoisotopic (exact) mass is 1020 g/mol. The molecule has 4 aliphatic rings. The summed E-state index contributed by atoms with van der Waals surface area (Å²) in [7, 11) is -1.72. The second-order valence-electron chi connectivity index (χ2n) is 16.9. The molecule has 0 aromatic heterocycles. The smallest absolute Gasteiger partial charge is 0.426 e. The van der Waals surface area contributed by atoms with Crippen LogP contribution in [0.1, 0.15) is 33.6 Å². The third-order valence-electron chi connectivity index (χ3n) is 11.2. The molecule has 0 saturated carbocycles. The maximum Gasteiger partial charge on any atom is 0.475 e. The van der Waals surface area contributed by atoms with E-state index in [0.29, 0.717) is 71.7 Å². The van der Waals surface area contributed by atoms with Crippen LogP contribution in [0, 0.1) is 5.92 Å². The Balaban J connectivity index is 1.11. The Kier molecular flexibility index (Phi) is 22.4. The SMILES string of the molecule is CC(C)[C@H](NC(=O)CNC(=O)CNC(=O)CNC(=O)CNC(=O)CNC(=O)CN1CCN2CCN3CCN(CC1)CC(=O)[O][Ga]([O]C(=O)C2)[O]C(=O)C3)C(=O)N[C@H](C)C(=O)N1CCC[C@H]1B(O)O. The van der Waals surface area contributed by atoms with Crippen LogP contribution in [-0.2, 0) is 63.3 Å². The summed E-state index contributed by atoms with van der Waals surface area (Å²) in [5.74, 6) is -8.66. The molecule has 376 valence electrons. The van der Waals surface area contributed by atoms with Gasteiger partial charge in [-0.25, -0.2) is 0 Å². The zero-order chi connectivity index (χ0) is 49.9. The van der Waals surface area contributed by atoms with Gasteiger partial charge in [0.1, 0.15) is 12.1 Å². The number of amides is 8. The molecule has 28 nitrogen and oxygen atoms in total. The van der Waals surface area contributed by atoms with Crippen LogP contribution in [0.2, 0.25) is 0 Å². The molecule has 4 bridgehead atoms. The van der Waals surface area contributed by atoms with Gasteiger partial charge in [-0.2, -0.15) is 0 Å². The first-order valence-electron chi connectivity index (χ1n) is 22.3. The fraction of sp³-hybridized carbons (Fsp3) is 0.711. The fourth-order valence-electron chi connectivity index (χ4n) is 7.42. The van der Waals surface area contributed by atoms with E-state index in [1.54, 1.807) is 18.7 Å². The third-order valence-corrected chi connectivity index (χ3v) is 14.1. The van der Waals surface area contributed by atoms with Crippen molar-refractivity contribution in [3.05, 3.63) is 0 Å². The van der Waals surface area contributed by atoms with Crippen LogP contribution in [-0.4, -0.2) is 260 Å².